The minimum Gasteiger partial charge on any atom is -0.491 e. The van der Waals surface area contributed by atoms with Crippen LogP contribution >= 0.6 is 23.7 Å². The number of fused-ring (bicyclic) bond motifs is 1. The number of benzene rings is 2. The van der Waals surface area contributed by atoms with E-state index in [1.54, 1.807) is 11.3 Å². The van der Waals surface area contributed by atoms with E-state index in [0.717, 1.165) is 28.1 Å². The topological polar surface area (TPSA) is 58.7 Å². The van der Waals surface area contributed by atoms with Crippen molar-refractivity contribution in [2.45, 2.75) is 12.6 Å². The lowest BCUT2D eigenvalue weighted by molar-refractivity contribution is 0.0744. The average molecular weight is 431 g/mol. The SMILES string of the molecule is CN(Cc1ccccc1)C[C@@H](O)COc1cccc(-c2noc3ccsc23)c1.Cl. The number of aliphatic hydroxyl groups is 1. The molecule has 0 radical (unpaired) electrons. The molecule has 0 saturated carbocycles. The van der Waals surface area contributed by atoms with Crippen molar-refractivity contribution in [1.29, 1.82) is 0 Å². The minimum absolute atomic E-state index is 0. The average Bonchev–Trinajstić information content (AvgIpc) is 3.31. The first-order valence-electron chi connectivity index (χ1n) is 9.15. The first-order chi connectivity index (χ1) is 13.7. The summed E-state index contributed by atoms with van der Waals surface area (Å²) in [6.07, 6.45) is -0.576. The third-order valence-corrected chi connectivity index (χ3v) is 5.35. The Balaban J connectivity index is 0.00000240. The third-order valence-electron chi connectivity index (χ3n) is 4.45. The Bertz CT molecular complexity index is 1030. The van der Waals surface area contributed by atoms with Crippen LogP contribution in [-0.2, 0) is 6.54 Å². The Morgan fingerprint density at radius 1 is 1.14 bits per heavy atom. The predicted molar refractivity (Wildman–Crippen MR) is 119 cm³/mol. The van der Waals surface area contributed by atoms with Gasteiger partial charge in [-0.25, -0.2) is 0 Å². The first kappa shape index (κ1) is 21.3. The molecule has 5 nitrogen and oxygen atoms in total. The van der Waals surface area contributed by atoms with E-state index < -0.39 is 6.10 Å². The van der Waals surface area contributed by atoms with E-state index in [1.165, 1.54) is 5.56 Å². The Hall–Kier alpha value is -2.38. The van der Waals surface area contributed by atoms with E-state index in [1.807, 2.05) is 61.0 Å². The van der Waals surface area contributed by atoms with Gasteiger partial charge in [0.25, 0.3) is 0 Å². The summed E-state index contributed by atoms with van der Waals surface area (Å²) in [5.41, 5.74) is 3.77. The number of hydrogen-bond acceptors (Lipinski definition) is 6. The number of ether oxygens (including phenoxy) is 1. The van der Waals surface area contributed by atoms with Gasteiger partial charge < -0.3 is 14.4 Å². The molecule has 7 heteroatoms. The highest BCUT2D eigenvalue weighted by molar-refractivity contribution is 7.17. The van der Waals surface area contributed by atoms with Gasteiger partial charge in [0.1, 0.15) is 28.9 Å². The summed E-state index contributed by atoms with van der Waals surface area (Å²) >= 11 is 1.60. The van der Waals surface area contributed by atoms with Gasteiger partial charge in [-0.2, -0.15) is 0 Å². The number of rotatable bonds is 8. The Labute approximate surface area is 179 Å². The third kappa shape index (κ3) is 5.36. The first-order valence-corrected chi connectivity index (χ1v) is 10.0. The van der Waals surface area contributed by atoms with Crippen molar-refractivity contribution in [3.63, 3.8) is 0 Å². The molecule has 2 aromatic heterocycles. The van der Waals surface area contributed by atoms with Gasteiger partial charge in [-0.3, -0.25) is 4.90 Å². The second-order valence-corrected chi connectivity index (χ2v) is 7.74. The number of aromatic nitrogens is 1. The van der Waals surface area contributed by atoms with E-state index >= 15 is 0 Å². The quantitative estimate of drug-likeness (QED) is 0.433. The van der Waals surface area contributed by atoms with Crippen molar-refractivity contribution in [2.75, 3.05) is 20.2 Å². The van der Waals surface area contributed by atoms with Crippen LogP contribution in [0.5, 0.6) is 5.75 Å². The van der Waals surface area contributed by atoms with Crippen molar-refractivity contribution < 1.29 is 14.4 Å². The molecule has 152 valence electrons. The maximum atomic E-state index is 10.3. The Morgan fingerprint density at radius 2 is 1.97 bits per heavy atom. The molecule has 0 spiro atoms. The number of thiophene rings is 1. The Morgan fingerprint density at radius 3 is 2.79 bits per heavy atom. The highest BCUT2D eigenvalue weighted by Crippen LogP contribution is 2.33. The molecule has 4 rings (SSSR count). The normalized spacial score (nSPS) is 12.1. The molecule has 0 fully saturated rings. The lowest BCUT2D eigenvalue weighted by Crippen LogP contribution is -2.32. The molecule has 2 aromatic carbocycles. The van der Waals surface area contributed by atoms with Crippen LogP contribution in [0.3, 0.4) is 0 Å². The van der Waals surface area contributed by atoms with Crippen LogP contribution in [0, 0.1) is 0 Å². The van der Waals surface area contributed by atoms with Crippen molar-refractivity contribution in [1.82, 2.24) is 10.1 Å². The van der Waals surface area contributed by atoms with Crippen molar-refractivity contribution >= 4 is 34.0 Å². The zero-order valence-corrected chi connectivity index (χ0v) is 17.7. The summed E-state index contributed by atoms with van der Waals surface area (Å²) in [5.74, 6) is 0.704. The van der Waals surface area contributed by atoms with Gasteiger partial charge in [0.15, 0.2) is 5.58 Å². The second-order valence-electron chi connectivity index (χ2n) is 6.82. The van der Waals surface area contributed by atoms with Crippen LogP contribution in [0.4, 0.5) is 0 Å². The summed E-state index contributed by atoms with van der Waals surface area (Å²) in [4.78, 5) is 2.09. The molecule has 0 aliphatic rings. The van der Waals surface area contributed by atoms with Gasteiger partial charge in [0.05, 0.1) is 0 Å². The summed E-state index contributed by atoms with van der Waals surface area (Å²) in [6, 6.07) is 19.8. The van der Waals surface area contributed by atoms with Crippen LogP contribution < -0.4 is 4.74 Å². The number of nitrogens with zero attached hydrogens (tertiary/aromatic N) is 2. The van der Waals surface area contributed by atoms with Gasteiger partial charge in [-0.05, 0) is 36.2 Å². The molecule has 2 heterocycles. The fraction of sp³-hybridized carbons (Fsp3) is 0.227. The largest absolute Gasteiger partial charge is 0.491 e. The van der Waals surface area contributed by atoms with Crippen LogP contribution in [0.1, 0.15) is 5.56 Å². The van der Waals surface area contributed by atoms with Gasteiger partial charge in [-0.15, -0.1) is 23.7 Å². The molecule has 29 heavy (non-hydrogen) atoms. The lowest BCUT2D eigenvalue weighted by atomic mass is 10.1. The molecule has 0 aliphatic heterocycles. The van der Waals surface area contributed by atoms with Crippen molar-refractivity contribution in [3.05, 3.63) is 71.6 Å². The molecular weight excluding hydrogens is 408 g/mol. The highest BCUT2D eigenvalue weighted by atomic mass is 35.5. The highest BCUT2D eigenvalue weighted by Gasteiger charge is 2.13. The van der Waals surface area contributed by atoms with Crippen LogP contribution in [0.2, 0.25) is 0 Å². The molecule has 0 unspecified atom stereocenters. The zero-order chi connectivity index (χ0) is 19.3. The predicted octanol–water partition coefficient (Wildman–Crippen LogP) is 4.85. The maximum Gasteiger partial charge on any atom is 0.178 e. The van der Waals surface area contributed by atoms with Gasteiger partial charge in [-0.1, -0.05) is 47.6 Å². The van der Waals surface area contributed by atoms with Crippen molar-refractivity contribution in [2.24, 2.45) is 0 Å². The summed E-state index contributed by atoms with van der Waals surface area (Å²) in [7, 11) is 1.99. The minimum atomic E-state index is -0.576. The fourth-order valence-electron chi connectivity index (χ4n) is 3.16. The molecule has 1 atom stereocenters. The molecule has 0 saturated heterocycles. The monoisotopic (exact) mass is 430 g/mol. The van der Waals surface area contributed by atoms with Crippen LogP contribution in [-0.4, -0.2) is 41.5 Å². The van der Waals surface area contributed by atoms with Crippen LogP contribution in [0.25, 0.3) is 21.5 Å². The van der Waals surface area contributed by atoms with E-state index in [0.29, 0.717) is 12.3 Å². The summed E-state index contributed by atoms with van der Waals surface area (Å²) in [5, 5.41) is 16.5. The number of likely N-dealkylation sites (N-methyl/N-ethyl adjacent to an activating group) is 1. The lowest BCUT2D eigenvalue weighted by Gasteiger charge is -2.21. The van der Waals surface area contributed by atoms with Gasteiger partial charge in [0, 0.05) is 18.7 Å². The Kier molecular flexibility index (Phi) is 7.28. The van der Waals surface area contributed by atoms with E-state index in [2.05, 4.69) is 22.2 Å². The molecule has 1 N–H and O–H groups in total. The molecular formula is C22H23ClN2O3S. The molecule has 0 aliphatic carbocycles. The van der Waals surface area contributed by atoms with E-state index in [4.69, 9.17) is 9.26 Å². The second kappa shape index (κ2) is 9.89. The van der Waals surface area contributed by atoms with Gasteiger partial charge in [0.2, 0.25) is 0 Å². The number of aliphatic hydroxyl groups excluding tert-OH is 1. The van der Waals surface area contributed by atoms with E-state index in [9.17, 15) is 5.11 Å². The molecule has 4 aromatic rings. The number of hydrogen-bond donors (Lipinski definition) is 1. The van der Waals surface area contributed by atoms with Gasteiger partial charge >= 0.3 is 0 Å². The standard InChI is InChI=1S/C22H22N2O3S.ClH/c1-24(13-16-6-3-2-4-7-16)14-18(25)15-26-19-9-5-8-17(12-19)21-22-20(27-23-21)10-11-28-22;/h2-12,18,25H,13-15H2,1H3;1H/t18-;/m1./s1. The zero-order valence-electron chi connectivity index (χ0n) is 16.0. The smallest absolute Gasteiger partial charge is 0.178 e. The van der Waals surface area contributed by atoms with Crippen LogP contribution in [0.15, 0.2) is 70.6 Å². The summed E-state index contributed by atoms with van der Waals surface area (Å²) in [6.45, 7) is 1.56. The number of halogens is 1. The molecule has 0 amide bonds. The van der Waals surface area contributed by atoms with Crippen molar-refractivity contribution in [3.8, 4) is 17.0 Å². The fourth-order valence-corrected chi connectivity index (χ4v) is 3.98. The molecule has 0 bridgehead atoms. The summed E-state index contributed by atoms with van der Waals surface area (Å²) < 4.78 is 12.2. The maximum absolute atomic E-state index is 10.3. The van der Waals surface area contributed by atoms with E-state index in [-0.39, 0.29) is 19.0 Å².